The Labute approximate surface area is 181 Å². The molecule has 3 heterocycles. The molecule has 0 atom stereocenters. The molecule has 1 N–H and O–H groups in total. The Morgan fingerprint density at radius 3 is 2.60 bits per heavy atom. The molecule has 1 saturated heterocycles. The highest BCUT2D eigenvalue weighted by Crippen LogP contribution is 2.45. The zero-order valence-corrected chi connectivity index (χ0v) is 17.9. The molecule has 1 fully saturated rings. The predicted molar refractivity (Wildman–Crippen MR) is 129 cm³/mol. The lowest BCUT2D eigenvalue weighted by Gasteiger charge is -2.36. The maximum absolute atomic E-state index is 3.28. The molecule has 4 aromatic rings. The molecule has 5 heteroatoms. The van der Waals surface area contributed by atoms with Crippen LogP contribution >= 0.6 is 11.9 Å². The lowest BCUT2D eigenvalue weighted by Crippen LogP contribution is -2.46. The minimum absolute atomic E-state index is 1.10. The van der Waals surface area contributed by atoms with E-state index in [-0.39, 0.29) is 0 Å². The number of rotatable bonds is 5. The summed E-state index contributed by atoms with van der Waals surface area (Å²) in [5, 5.41) is 4.08. The van der Waals surface area contributed by atoms with Crippen molar-refractivity contribution < 1.29 is 0 Å². The average Bonchev–Trinajstić information content (AvgIpc) is 3.40. The van der Waals surface area contributed by atoms with E-state index in [9.17, 15) is 0 Å². The van der Waals surface area contributed by atoms with E-state index < -0.39 is 0 Å². The van der Waals surface area contributed by atoms with E-state index in [1.807, 2.05) is 18.1 Å². The molecular weight excluding hydrogens is 388 g/mol. The molecule has 152 valence electrons. The Morgan fingerprint density at radius 2 is 1.70 bits per heavy atom. The molecule has 0 amide bonds. The van der Waals surface area contributed by atoms with Gasteiger partial charge in [-0.05, 0) is 66.7 Å². The molecule has 0 saturated carbocycles. The summed E-state index contributed by atoms with van der Waals surface area (Å²) in [5.41, 5.74) is 3.95. The molecule has 30 heavy (non-hydrogen) atoms. The highest BCUT2D eigenvalue weighted by molar-refractivity contribution is 8.01. The quantitative estimate of drug-likeness (QED) is 0.445. The van der Waals surface area contributed by atoms with E-state index in [1.54, 1.807) is 0 Å². The Kier molecular flexibility index (Phi) is 4.58. The van der Waals surface area contributed by atoms with Crippen LogP contribution in [-0.2, 0) is 0 Å². The van der Waals surface area contributed by atoms with Crippen molar-refractivity contribution in [2.45, 2.75) is 11.3 Å². The van der Waals surface area contributed by atoms with Crippen molar-refractivity contribution in [2.24, 2.45) is 0 Å². The number of fused-ring (bicyclic) bond motifs is 1. The van der Waals surface area contributed by atoms with Gasteiger partial charge in [-0.15, -0.1) is 0 Å². The van der Waals surface area contributed by atoms with Gasteiger partial charge in [0.05, 0.1) is 5.69 Å². The number of H-pyrrole nitrogens is 1. The molecule has 2 aliphatic heterocycles. The molecule has 0 unspecified atom stereocenters. The second-order valence-corrected chi connectivity index (χ2v) is 9.32. The summed E-state index contributed by atoms with van der Waals surface area (Å²) in [6, 6.07) is 22.2. The summed E-state index contributed by atoms with van der Waals surface area (Å²) in [5.74, 6) is 0. The molecule has 2 aliphatic rings. The van der Waals surface area contributed by atoms with Gasteiger partial charge in [-0.25, -0.2) is 0 Å². The minimum Gasteiger partial charge on any atom is -0.369 e. The van der Waals surface area contributed by atoms with Crippen LogP contribution in [0, 0.1) is 0 Å². The van der Waals surface area contributed by atoms with Gasteiger partial charge in [0, 0.05) is 65.8 Å². The number of hydrogen-bond donors (Lipinski definition) is 1. The molecule has 3 aromatic carbocycles. The average molecular weight is 415 g/mol. The van der Waals surface area contributed by atoms with Gasteiger partial charge in [-0.3, -0.25) is 4.90 Å². The molecular formula is C25H26N4S. The van der Waals surface area contributed by atoms with Gasteiger partial charge >= 0.3 is 0 Å². The fraction of sp³-hybridized carbons (Fsp3) is 0.280. The number of nitrogens with zero attached hydrogens (tertiary/aromatic N) is 3. The molecule has 0 bridgehead atoms. The zero-order chi connectivity index (χ0) is 19.9. The SMILES string of the molecule is c1cc2c3c(cccc3c1)N(CCCN1CCN(c3ccc4[nH]ccc4c3)CC1)S2. The first-order valence-corrected chi connectivity index (χ1v) is 11.6. The van der Waals surface area contributed by atoms with Gasteiger partial charge in [0.2, 0.25) is 0 Å². The summed E-state index contributed by atoms with van der Waals surface area (Å²) in [6.07, 6.45) is 3.22. The van der Waals surface area contributed by atoms with Crippen molar-refractivity contribution in [1.29, 1.82) is 0 Å². The van der Waals surface area contributed by atoms with Crippen LogP contribution in [0.5, 0.6) is 0 Å². The van der Waals surface area contributed by atoms with Crippen molar-refractivity contribution in [3.05, 3.63) is 66.9 Å². The largest absolute Gasteiger partial charge is 0.369 e. The van der Waals surface area contributed by atoms with Gasteiger partial charge in [0.15, 0.2) is 0 Å². The summed E-state index contributed by atoms with van der Waals surface area (Å²) in [6.45, 7) is 6.79. The van der Waals surface area contributed by atoms with Gasteiger partial charge < -0.3 is 14.2 Å². The third-order valence-electron chi connectivity index (χ3n) is 6.43. The van der Waals surface area contributed by atoms with Crippen molar-refractivity contribution in [3.63, 3.8) is 0 Å². The molecule has 0 radical (unpaired) electrons. The number of aromatic amines is 1. The normalized spacial score (nSPS) is 16.8. The lowest BCUT2D eigenvalue weighted by atomic mass is 10.1. The van der Waals surface area contributed by atoms with E-state index >= 15 is 0 Å². The third kappa shape index (κ3) is 3.22. The number of nitrogens with one attached hydrogen (secondary N) is 1. The zero-order valence-electron chi connectivity index (χ0n) is 17.1. The molecule has 0 aliphatic carbocycles. The summed E-state index contributed by atoms with van der Waals surface area (Å²) >= 11 is 1.90. The molecule has 1 aromatic heterocycles. The fourth-order valence-corrected chi connectivity index (χ4v) is 5.97. The highest BCUT2D eigenvalue weighted by atomic mass is 32.2. The fourth-order valence-electron chi connectivity index (χ4n) is 4.81. The Morgan fingerprint density at radius 1 is 0.833 bits per heavy atom. The number of benzene rings is 3. The van der Waals surface area contributed by atoms with Crippen LogP contribution < -0.4 is 9.21 Å². The van der Waals surface area contributed by atoms with Crippen LogP contribution in [0.1, 0.15) is 6.42 Å². The standard InChI is InChI=1S/C25H26N4S/c1-4-19-5-2-7-24-25(19)23(6-1)29(30-24)13-3-12-27-14-16-28(17-15-27)21-8-9-22-20(18-21)10-11-26-22/h1-2,4-11,18,26H,3,12-17H2. The Bertz CT molecular complexity index is 1190. The molecule has 0 spiro atoms. The number of aromatic nitrogens is 1. The van der Waals surface area contributed by atoms with Gasteiger partial charge in [0.1, 0.15) is 0 Å². The monoisotopic (exact) mass is 414 g/mol. The van der Waals surface area contributed by atoms with Gasteiger partial charge in [-0.2, -0.15) is 0 Å². The van der Waals surface area contributed by atoms with Crippen LogP contribution in [0.4, 0.5) is 11.4 Å². The molecule has 6 rings (SSSR count). The smallest absolute Gasteiger partial charge is 0.0563 e. The van der Waals surface area contributed by atoms with Crippen molar-refractivity contribution >= 4 is 45.0 Å². The Balaban J connectivity index is 1.03. The van der Waals surface area contributed by atoms with Crippen LogP contribution in [0.2, 0.25) is 0 Å². The maximum Gasteiger partial charge on any atom is 0.0563 e. The van der Waals surface area contributed by atoms with E-state index in [4.69, 9.17) is 0 Å². The number of anilines is 2. The second-order valence-electron chi connectivity index (χ2n) is 8.26. The highest BCUT2D eigenvalue weighted by Gasteiger charge is 2.22. The second kappa shape index (κ2) is 7.56. The predicted octanol–water partition coefficient (Wildman–Crippen LogP) is 5.36. The minimum atomic E-state index is 1.10. The van der Waals surface area contributed by atoms with Crippen LogP contribution in [-0.4, -0.2) is 49.2 Å². The van der Waals surface area contributed by atoms with E-state index in [0.29, 0.717) is 0 Å². The first kappa shape index (κ1) is 18.2. The van der Waals surface area contributed by atoms with Crippen molar-refractivity contribution in [2.75, 3.05) is 48.5 Å². The maximum atomic E-state index is 3.28. The summed E-state index contributed by atoms with van der Waals surface area (Å²) in [4.78, 5) is 9.83. The third-order valence-corrected chi connectivity index (χ3v) is 7.57. The lowest BCUT2D eigenvalue weighted by molar-refractivity contribution is 0.256. The van der Waals surface area contributed by atoms with Crippen LogP contribution in [0.25, 0.3) is 21.7 Å². The van der Waals surface area contributed by atoms with E-state index in [0.717, 1.165) is 32.7 Å². The Hall–Kier alpha value is -2.63. The number of hydrogen-bond acceptors (Lipinski definition) is 4. The number of piperazine rings is 1. The van der Waals surface area contributed by atoms with Crippen LogP contribution in [0.15, 0.2) is 71.8 Å². The summed E-state index contributed by atoms with van der Waals surface area (Å²) in [7, 11) is 0. The topological polar surface area (TPSA) is 25.5 Å². The van der Waals surface area contributed by atoms with Gasteiger partial charge in [0.25, 0.3) is 0 Å². The van der Waals surface area contributed by atoms with Crippen molar-refractivity contribution in [1.82, 2.24) is 9.88 Å². The first-order chi connectivity index (χ1) is 14.8. The van der Waals surface area contributed by atoms with E-state index in [2.05, 4.69) is 79.8 Å². The first-order valence-electron chi connectivity index (χ1n) is 10.9. The van der Waals surface area contributed by atoms with Crippen LogP contribution in [0.3, 0.4) is 0 Å². The summed E-state index contributed by atoms with van der Waals surface area (Å²) < 4.78 is 2.49. The molecule has 4 nitrogen and oxygen atoms in total. The van der Waals surface area contributed by atoms with E-state index in [1.165, 1.54) is 50.9 Å². The van der Waals surface area contributed by atoms with Crippen molar-refractivity contribution in [3.8, 4) is 0 Å². The van der Waals surface area contributed by atoms with Gasteiger partial charge in [-0.1, -0.05) is 24.3 Å².